The molecule has 0 unspecified atom stereocenters. The van der Waals surface area contributed by atoms with Gasteiger partial charge in [0.15, 0.2) is 0 Å². The topological polar surface area (TPSA) is 26.0 Å². The zero-order valence-corrected chi connectivity index (χ0v) is 10.6. The Morgan fingerprint density at radius 2 is 2.00 bits per heavy atom. The minimum atomic E-state index is 0.230. The largest absolute Gasteiger partial charge is 0.330 e. The van der Waals surface area contributed by atoms with Gasteiger partial charge in [-0.2, -0.15) is 0 Å². The maximum absolute atomic E-state index is 6.20. The van der Waals surface area contributed by atoms with Gasteiger partial charge < -0.3 is 5.73 Å². The summed E-state index contributed by atoms with van der Waals surface area (Å²) in [6.45, 7) is 7.25. The molecular formula is C13H20ClN. The van der Waals surface area contributed by atoms with Gasteiger partial charge in [-0.25, -0.2) is 0 Å². The van der Waals surface area contributed by atoms with Gasteiger partial charge in [0, 0.05) is 5.02 Å². The average Bonchev–Trinajstić information content (AvgIpc) is 2.09. The van der Waals surface area contributed by atoms with Crippen molar-refractivity contribution in [1.82, 2.24) is 0 Å². The highest BCUT2D eigenvalue weighted by Crippen LogP contribution is 2.29. The van der Waals surface area contributed by atoms with Crippen molar-refractivity contribution in [2.45, 2.75) is 33.6 Å². The summed E-state index contributed by atoms with van der Waals surface area (Å²) in [6, 6.07) is 6.26. The van der Waals surface area contributed by atoms with Crippen LogP contribution in [0.4, 0.5) is 0 Å². The molecule has 0 aliphatic heterocycles. The van der Waals surface area contributed by atoms with Crippen LogP contribution in [0.2, 0.25) is 5.02 Å². The minimum Gasteiger partial charge on any atom is -0.330 e. The van der Waals surface area contributed by atoms with Gasteiger partial charge in [0.25, 0.3) is 0 Å². The zero-order valence-electron chi connectivity index (χ0n) is 9.81. The number of hydrogen-bond donors (Lipinski definition) is 1. The Labute approximate surface area is 97.6 Å². The van der Waals surface area contributed by atoms with Gasteiger partial charge in [0.2, 0.25) is 0 Å². The van der Waals surface area contributed by atoms with Gasteiger partial charge >= 0.3 is 0 Å². The number of halogens is 1. The number of aryl methyl sites for hydroxylation is 1. The van der Waals surface area contributed by atoms with Crippen LogP contribution in [-0.2, 0) is 6.42 Å². The van der Waals surface area contributed by atoms with Crippen LogP contribution in [-0.4, -0.2) is 6.54 Å². The number of rotatable bonds is 4. The second-order valence-electron chi connectivity index (χ2n) is 4.97. The van der Waals surface area contributed by atoms with E-state index in [2.05, 4.69) is 32.9 Å². The molecule has 0 saturated carbocycles. The maximum atomic E-state index is 6.20. The first-order valence-electron chi connectivity index (χ1n) is 5.40. The van der Waals surface area contributed by atoms with Crippen molar-refractivity contribution in [3.8, 4) is 0 Å². The van der Waals surface area contributed by atoms with Gasteiger partial charge in [-0.3, -0.25) is 0 Å². The Morgan fingerprint density at radius 1 is 1.33 bits per heavy atom. The summed E-state index contributed by atoms with van der Waals surface area (Å²) in [5.74, 6) is 0. The van der Waals surface area contributed by atoms with Crippen LogP contribution in [0.25, 0.3) is 0 Å². The Kier molecular flexibility index (Phi) is 4.18. The molecule has 0 heterocycles. The summed E-state index contributed by atoms with van der Waals surface area (Å²) in [5.41, 5.74) is 8.26. The summed E-state index contributed by atoms with van der Waals surface area (Å²) in [5, 5.41) is 0.875. The Hall–Kier alpha value is -0.530. The molecule has 0 bridgehead atoms. The lowest BCUT2D eigenvalue weighted by atomic mass is 9.82. The Bertz CT molecular complexity index is 331. The molecule has 0 aromatic heterocycles. The molecule has 0 amide bonds. The molecule has 0 saturated heterocycles. The lowest BCUT2D eigenvalue weighted by Gasteiger charge is -2.24. The maximum Gasteiger partial charge on any atom is 0.0440 e. The second kappa shape index (κ2) is 5.00. The molecule has 2 heteroatoms. The van der Waals surface area contributed by atoms with Crippen LogP contribution in [0.1, 0.15) is 31.4 Å². The monoisotopic (exact) mass is 225 g/mol. The van der Waals surface area contributed by atoms with Crippen LogP contribution in [0.15, 0.2) is 18.2 Å². The smallest absolute Gasteiger partial charge is 0.0440 e. The molecule has 0 radical (unpaired) electrons. The fraction of sp³-hybridized carbons (Fsp3) is 0.538. The van der Waals surface area contributed by atoms with Crippen molar-refractivity contribution in [2.24, 2.45) is 11.1 Å². The third-order valence-electron chi connectivity index (χ3n) is 2.70. The quantitative estimate of drug-likeness (QED) is 0.833. The predicted octanol–water partition coefficient (Wildman–Crippen LogP) is 3.57. The van der Waals surface area contributed by atoms with E-state index in [1.54, 1.807) is 0 Å². The average molecular weight is 226 g/mol. The molecule has 0 atom stereocenters. The number of nitrogens with two attached hydrogens (primary N) is 1. The van der Waals surface area contributed by atoms with Gasteiger partial charge in [0.05, 0.1) is 0 Å². The van der Waals surface area contributed by atoms with E-state index in [-0.39, 0.29) is 5.41 Å². The standard InChI is InChI=1S/C13H20ClN/c1-10-4-5-11(12(14)8-10)9-13(2,3)6-7-15/h4-5,8H,6-7,9,15H2,1-3H3. The zero-order chi connectivity index (χ0) is 11.5. The van der Waals surface area contributed by atoms with Crippen LogP contribution in [0.3, 0.4) is 0 Å². The van der Waals surface area contributed by atoms with E-state index in [0.717, 1.165) is 24.4 Å². The van der Waals surface area contributed by atoms with Crippen molar-refractivity contribution in [3.63, 3.8) is 0 Å². The van der Waals surface area contributed by atoms with Crippen molar-refractivity contribution < 1.29 is 0 Å². The molecular weight excluding hydrogens is 206 g/mol. The van der Waals surface area contributed by atoms with E-state index >= 15 is 0 Å². The molecule has 1 rings (SSSR count). The predicted molar refractivity (Wildman–Crippen MR) is 67.3 cm³/mol. The van der Waals surface area contributed by atoms with Crippen LogP contribution in [0, 0.1) is 12.3 Å². The fourth-order valence-corrected chi connectivity index (χ4v) is 2.09. The first kappa shape index (κ1) is 12.5. The third-order valence-corrected chi connectivity index (χ3v) is 3.05. The van der Waals surface area contributed by atoms with E-state index < -0.39 is 0 Å². The molecule has 0 aliphatic carbocycles. The Balaban J connectivity index is 2.80. The molecule has 15 heavy (non-hydrogen) atoms. The van der Waals surface area contributed by atoms with Gasteiger partial charge in [-0.05, 0) is 48.9 Å². The molecule has 0 spiro atoms. The molecule has 0 aliphatic rings. The highest BCUT2D eigenvalue weighted by molar-refractivity contribution is 6.31. The lowest BCUT2D eigenvalue weighted by Crippen LogP contribution is -2.19. The normalized spacial score (nSPS) is 11.8. The molecule has 1 nitrogen and oxygen atoms in total. The summed E-state index contributed by atoms with van der Waals surface area (Å²) < 4.78 is 0. The SMILES string of the molecule is Cc1ccc(CC(C)(C)CCN)c(Cl)c1. The van der Waals surface area contributed by atoms with E-state index in [4.69, 9.17) is 17.3 Å². The molecule has 0 fully saturated rings. The van der Waals surface area contributed by atoms with Crippen LogP contribution >= 0.6 is 11.6 Å². The van der Waals surface area contributed by atoms with Crippen LogP contribution in [0.5, 0.6) is 0 Å². The first-order valence-corrected chi connectivity index (χ1v) is 5.77. The van der Waals surface area contributed by atoms with Crippen molar-refractivity contribution in [2.75, 3.05) is 6.54 Å². The fourth-order valence-electron chi connectivity index (χ4n) is 1.79. The summed E-state index contributed by atoms with van der Waals surface area (Å²) in [7, 11) is 0. The molecule has 84 valence electrons. The summed E-state index contributed by atoms with van der Waals surface area (Å²) in [6.07, 6.45) is 2.01. The lowest BCUT2D eigenvalue weighted by molar-refractivity contribution is 0.339. The first-order chi connectivity index (χ1) is 6.94. The third kappa shape index (κ3) is 3.84. The van der Waals surface area contributed by atoms with Gasteiger partial charge in [-0.1, -0.05) is 37.6 Å². The van der Waals surface area contributed by atoms with E-state index in [1.165, 1.54) is 11.1 Å². The van der Waals surface area contributed by atoms with E-state index in [9.17, 15) is 0 Å². The second-order valence-corrected chi connectivity index (χ2v) is 5.38. The summed E-state index contributed by atoms with van der Waals surface area (Å²) in [4.78, 5) is 0. The van der Waals surface area contributed by atoms with E-state index in [1.807, 2.05) is 6.07 Å². The highest BCUT2D eigenvalue weighted by atomic mass is 35.5. The molecule has 1 aromatic rings. The molecule has 1 aromatic carbocycles. The summed E-state index contributed by atoms with van der Waals surface area (Å²) >= 11 is 6.20. The Morgan fingerprint density at radius 3 is 2.53 bits per heavy atom. The van der Waals surface area contributed by atoms with Crippen molar-refractivity contribution in [3.05, 3.63) is 34.3 Å². The highest BCUT2D eigenvalue weighted by Gasteiger charge is 2.18. The minimum absolute atomic E-state index is 0.230. The van der Waals surface area contributed by atoms with Crippen molar-refractivity contribution in [1.29, 1.82) is 0 Å². The van der Waals surface area contributed by atoms with Gasteiger partial charge in [0.1, 0.15) is 0 Å². The number of benzene rings is 1. The number of hydrogen-bond acceptors (Lipinski definition) is 1. The van der Waals surface area contributed by atoms with Crippen LogP contribution < -0.4 is 5.73 Å². The van der Waals surface area contributed by atoms with Crippen molar-refractivity contribution >= 4 is 11.6 Å². The molecule has 2 N–H and O–H groups in total. The van der Waals surface area contributed by atoms with E-state index in [0.29, 0.717) is 0 Å². The van der Waals surface area contributed by atoms with Gasteiger partial charge in [-0.15, -0.1) is 0 Å².